The van der Waals surface area contributed by atoms with Gasteiger partial charge in [0.25, 0.3) is 0 Å². The Bertz CT molecular complexity index is 1190. The predicted octanol–water partition coefficient (Wildman–Crippen LogP) is 5.01. The number of benzene rings is 1. The molecule has 0 radical (unpaired) electrons. The summed E-state index contributed by atoms with van der Waals surface area (Å²) >= 11 is 0. The monoisotopic (exact) mass is 447 g/mol. The van der Waals surface area contributed by atoms with Gasteiger partial charge in [-0.3, -0.25) is 9.30 Å². The number of nitrogens with zero attached hydrogens (tertiary/aromatic N) is 4. The fourth-order valence-electron chi connectivity index (χ4n) is 4.23. The topological polar surface area (TPSA) is 71.8 Å². The van der Waals surface area contributed by atoms with E-state index in [2.05, 4.69) is 15.3 Å². The molecule has 0 bridgehead atoms. The number of anilines is 1. The van der Waals surface area contributed by atoms with Crippen LogP contribution in [0.4, 0.5) is 23.8 Å². The maximum atomic E-state index is 13.4. The lowest BCUT2D eigenvalue weighted by molar-refractivity contribution is -0.138. The van der Waals surface area contributed by atoms with Crippen LogP contribution in [0.5, 0.6) is 0 Å². The van der Waals surface area contributed by atoms with E-state index in [4.69, 9.17) is 4.74 Å². The first-order chi connectivity index (χ1) is 15.1. The molecular formula is C22H24F3N5O2. The van der Waals surface area contributed by atoms with Crippen LogP contribution in [0.25, 0.3) is 5.65 Å². The van der Waals surface area contributed by atoms with Crippen molar-refractivity contribution in [1.82, 2.24) is 19.3 Å². The van der Waals surface area contributed by atoms with Crippen molar-refractivity contribution in [3.05, 3.63) is 58.2 Å². The van der Waals surface area contributed by atoms with Gasteiger partial charge in [0.15, 0.2) is 5.65 Å². The SMILES string of the molecule is CCOC(=O)N1Cc2c(NC(C)c3cccc(C(F)(F)F)c3C)nc3cnc(C)n3c2C1. The minimum atomic E-state index is -4.42. The highest BCUT2D eigenvalue weighted by Gasteiger charge is 2.34. The average Bonchev–Trinajstić information content (AvgIpc) is 3.31. The molecule has 7 nitrogen and oxygen atoms in total. The van der Waals surface area contributed by atoms with E-state index in [0.29, 0.717) is 23.6 Å². The highest BCUT2D eigenvalue weighted by atomic mass is 19.4. The molecule has 3 heterocycles. The number of imidazole rings is 1. The standard InChI is InChI=1S/C22H24F3N5O2/c1-5-32-21(31)29-10-16-18(11-29)30-14(4)26-9-19(30)28-20(16)27-13(3)15-7-6-8-17(12(15)2)22(23,24)25/h6-9,13H,5,10-11H2,1-4H3,(H,27,28). The van der Waals surface area contributed by atoms with E-state index in [9.17, 15) is 18.0 Å². The van der Waals surface area contributed by atoms with Crippen LogP contribution in [-0.4, -0.2) is 32.0 Å². The summed E-state index contributed by atoms with van der Waals surface area (Å²) in [7, 11) is 0. The largest absolute Gasteiger partial charge is 0.450 e. The van der Waals surface area contributed by atoms with Gasteiger partial charge in [-0.05, 0) is 44.9 Å². The van der Waals surface area contributed by atoms with E-state index in [1.54, 1.807) is 31.0 Å². The van der Waals surface area contributed by atoms with E-state index in [0.717, 1.165) is 23.1 Å². The fourth-order valence-corrected chi connectivity index (χ4v) is 4.23. The molecule has 0 aliphatic carbocycles. The summed E-state index contributed by atoms with van der Waals surface area (Å²) in [5, 5.41) is 3.27. The molecular weight excluding hydrogens is 423 g/mol. The quantitative estimate of drug-likeness (QED) is 0.609. The number of carbonyl (C=O) groups excluding carboxylic acids is 1. The maximum Gasteiger partial charge on any atom is 0.416 e. The molecule has 1 unspecified atom stereocenters. The number of nitrogens with one attached hydrogen (secondary N) is 1. The zero-order valence-electron chi connectivity index (χ0n) is 18.2. The summed E-state index contributed by atoms with van der Waals surface area (Å²) in [4.78, 5) is 22.9. The Hall–Kier alpha value is -3.30. The Balaban J connectivity index is 1.73. The van der Waals surface area contributed by atoms with Gasteiger partial charge in [0, 0.05) is 5.56 Å². The van der Waals surface area contributed by atoms with Crippen LogP contribution in [-0.2, 0) is 24.0 Å². The number of ether oxygens (including phenoxy) is 1. The zero-order valence-corrected chi connectivity index (χ0v) is 18.2. The first-order valence-corrected chi connectivity index (χ1v) is 10.3. The molecule has 1 atom stereocenters. The summed E-state index contributed by atoms with van der Waals surface area (Å²) < 4.78 is 47.1. The third-order valence-corrected chi connectivity index (χ3v) is 5.77. The summed E-state index contributed by atoms with van der Waals surface area (Å²) in [6.45, 7) is 7.74. The number of fused-ring (bicyclic) bond motifs is 3. The number of halogens is 3. The average molecular weight is 447 g/mol. The number of hydrogen-bond donors (Lipinski definition) is 1. The molecule has 10 heteroatoms. The highest BCUT2D eigenvalue weighted by molar-refractivity contribution is 5.70. The van der Waals surface area contributed by atoms with Crippen molar-refractivity contribution in [3.8, 4) is 0 Å². The van der Waals surface area contributed by atoms with Gasteiger partial charge in [-0.15, -0.1) is 0 Å². The molecule has 170 valence electrons. The summed E-state index contributed by atoms with van der Waals surface area (Å²) in [6.07, 6.45) is -3.22. The Morgan fingerprint density at radius 1 is 1.28 bits per heavy atom. The Morgan fingerprint density at radius 3 is 2.72 bits per heavy atom. The Morgan fingerprint density at radius 2 is 2.03 bits per heavy atom. The van der Waals surface area contributed by atoms with Crippen molar-refractivity contribution < 1.29 is 22.7 Å². The number of rotatable bonds is 4. The number of hydrogen-bond acceptors (Lipinski definition) is 5. The van der Waals surface area contributed by atoms with E-state index < -0.39 is 23.9 Å². The fraction of sp³-hybridized carbons (Fsp3) is 0.409. The molecule has 3 aromatic rings. The normalized spacial score (nSPS) is 14.5. The Kier molecular flexibility index (Phi) is 5.47. The summed E-state index contributed by atoms with van der Waals surface area (Å²) in [5.74, 6) is 1.26. The molecule has 0 spiro atoms. The number of amides is 1. The minimum Gasteiger partial charge on any atom is -0.450 e. The molecule has 4 rings (SSSR count). The zero-order chi connectivity index (χ0) is 23.2. The van der Waals surface area contributed by atoms with E-state index in [1.807, 2.05) is 11.3 Å². The lowest BCUT2D eigenvalue weighted by atomic mass is 9.97. The van der Waals surface area contributed by atoms with Crippen LogP contribution in [0.15, 0.2) is 24.4 Å². The third-order valence-electron chi connectivity index (χ3n) is 5.77. The molecule has 0 saturated heterocycles. The van der Waals surface area contributed by atoms with Crippen molar-refractivity contribution in [1.29, 1.82) is 0 Å². The van der Waals surface area contributed by atoms with Gasteiger partial charge in [-0.25, -0.2) is 14.8 Å². The third kappa shape index (κ3) is 3.74. The number of aromatic nitrogens is 3. The Labute approximate surface area is 183 Å². The smallest absolute Gasteiger partial charge is 0.416 e. The molecule has 1 amide bonds. The van der Waals surface area contributed by atoms with Crippen molar-refractivity contribution in [3.63, 3.8) is 0 Å². The van der Waals surface area contributed by atoms with Crippen LogP contribution >= 0.6 is 0 Å². The van der Waals surface area contributed by atoms with Gasteiger partial charge in [-0.2, -0.15) is 13.2 Å². The number of carbonyl (C=O) groups is 1. The van der Waals surface area contributed by atoms with E-state index >= 15 is 0 Å². The maximum absolute atomic E-state index is 13.4. The van der Waals surface area contributed by atoms with Gasteiger partial charge in [0.1, 0.15) is 11.6 Å². The minimum absolute atomic E-state index is 0.172. The second-order valence-electron chi connectivity index (χ2n) is 7.82. The molecule has 2 aromatic heterocycles. The second kappa shape index (κ2) is 7.99. The molecule has 32 heavy (non-hydrogen) atoms. The highest BCUT2D eigenvalue weighted by Crippen LogP contribution is 2.36. The van der Waals surface area contributed by atoms with Crippen LogP contribution in [0.3, 0.4) is 0 Å². The number of alkyl halides is 3. The molecule has 1 aliphatic heterocycles. The van der Waals surface area contributed by atoms with Gasteiger partial charge in [0.05, 0.1) is 43.2 Å². The summed E-state index contributed by atoms with van der Waals surface area (Å²) in [5.41, 5.74) is 2.29. The number of aryl methyl sites for hydroxylation is 1. The van der Waals surface area contributed by atoms with Crippen LogP contribution in [0.1, 0.15) is 53.7 Å². The second-order valence-corrected chi connectivity index (χ2v) is 7.82. The first kappa shape index (κ1) is 21.9. The lowest BCUT2D eigenvalue weighted by Gasteiger charge is -2.21. The van der Waals surface area contributed by atoms with Crippen LogP contribution in [0.2, 0.25) is 0 Å². The van der Waals surface area contributed by atoms with Gasteiger partial charge in [0.2, 0.25) is 0 Å². The summed E-state index contributed by atoms with van der Waals surface area (Å²) in [6, 6.07) is 3.72. The van der Waals surface area contributed by atoms with Gasteiger partial charge < -0.3 is 10.1 Å². The molecule has 1 aromatic carbocycles. The van der Waals surface area contributed by atoms with Gasteiger partial charge >= 0.3 is 12.3 Å². The molecule has 0 saturated carbocycles. The predicted molar refractivity (Wildman–Crippen MR) is 112 cm³/mol. The van der Waals surface area contributed by atoms with E-state index in [1.165, 1.54) is 13.0 Å². The lowest BCUT2D eigenvalue weighted by Crippen LogP contribution is -2.26. The van der Waals surface area contributed by atoms with Crippen molar-refractivity contribution >= 4 is 17.6 Å². The van der Waals surface area contributed by atoms with Gasteiger partial charge in [-0.1, -0.05) is 12.1 Å². The molecule has 1 aliphatic rings. The first-order valence-electron chi connectivity index (χ1n) is 10.3. The molecule has 1 N–H and O–H groups in total. The van der Waals surface area contributed by atoms with Crippen molar-refractivity contribution in [2.75, 3.05) is 11.9 Å². The van der Waals surface area contributed by atoms with Crippen LogP contribution in [0, 0.1) is 13.8 Å². The van der Waals surface area contributed by atoms with Crippen LogP contribution < -0.4 is 5.32 Å². The molecule has 0 fully saturated rings. The van der Waals surface area contributed by atoms with E-state index in [-0.39, 0.29) is 18.7 Å². The van der Waals surface area contributed by atoms with Crippen molar-refractivity contribution in [2.45, 2.75) is 53.0 Å². The van der Waals surface area contributed by atoms with Crippen molar-refractivity contribution in [2.24, 2.45) is 0 Å².